The zero-order chi connectivity index (χ0) is 13.3. The van der Waals surface area contributed by atoms with Crippen LogP contribution in [0.15, 0.2) is 22.7 Å². The first-order chi connectivity index (χ1) is 8.58. The number of hydrogen-bond donors (Lipinski definition) is 1. The molecule has 0 fully saturated rings. The molecule has 1 aromatic carbocycles. The van der Waals surface area contributed by atoms with Gasteiger partial charge in [0.15, 0.2) is 0 Å². The molecular formula is C13H10BrIN2S. The molecule has 0 saturated heterocycles. The zero-order valence-corrected chi connectivity index (χ0v) is 14.2. The third kappa shape index (κ3) is 2.42. The molecule has 2 aromatic rings. The number of nitrogens with zero attached hydrogens (tertiary/aromatic N) is 1. The molecular weight excluding hydrogens is 423 g/mol. The summed E-state index contributed by atoms with van der Waals surface area (Å²) in [5, 5.41) is 9.09. The molecule has 0 atom stereocenters. The molecule has 18 heavy (non-hydrogen) atoms. The Hall–Kier alpha value is -0.580. The van der Waals surface area contributed by atoms with Gasteiger partial charge in [0.05, 0.1) is 5.69 Å². The third-order valence-corrected chi connectivity index (χ3v) is 5.22. The minimum atomic E-state index is 0.604. The number of nitrogen functional groups attached to an aromatic ring is 1. The monoisotopic (exact) mass is 432 g/mol. The predicted molar refractivity (Wildman–Crippen MR) is 88.7 cm³/mol. The molecule has 0 unspecified atom stereocenters. The molecule has 0 bridgehead atoms. The van der Waals surface area contributed by atoms with E-state index in [4.69, 9.17) is 11.0 Å². The second kappa shape index (κ2) is 5.59. The number of benzene rings is 1. The number of anilines is 1. The van der Waals surface area contributed by atoms with Crippen molar-refractivity contribution in [1.82, 2.24) is 0 Å². The summed E-state index contributed by atoms with van der Waals surface area (Å²) in [6.45, 7) is 2.06. The Morgan fingerprint density at radius 3 is 2.83 bits per heavy atom. The van der Waals surface area contributed by atoms with Crippen molar-refractivity contribution in [3.05, 3.63) is 36.7 Å². The third-order valence-electron chi connectivity index (χ3n) is 2.68. The van der Waals surface area contributed by atoms with Crippen molar-refractivity contribution < 1.29 is 0 Å². The number of nitriles is 1. The first kappa shape index (κ1) is 13.8. The molecule has 0 amide bonds. The summed E-state index contributed by atoms with van der Waals surface area (Å²) in [7, 11) is 0. The van der Waals surface area contributed by atoms with Gasteiger partial charge in [-0.3, -0.25) is 0 Å². The number of rotatable bonds is 2. The Morgan fingerprint density at radius 1 is 1.50 bits per heavy atom. The van der Waals surface area contributed by atoms with Crippen molar-refractivity contribution in [3.8, 4) is 16.5 Å². The van der Waals surface area contributed by atoms with E-state index in [1.165, 1.54) is 14.9 Å². The minimum absolute atomic E-state index is 0.604. The molecule has 2 rings (SSSR count). The average molecular weight is 433 g/mol. The van der Waals surface area contributed by atoms with Crippen molar-refractivity contribution in [2.45, 2.75) is 13.3 Å². The summed E-state index contributed by atoms with van der Waals surface area (Å²) < 4.78 is 2.20. The fraction of sp³-hybridized carbons (Fsp3) is 0.154. The van der Waals surface area contributed by atoms with Crippen molar-refractivity contribution >= 4 is 55.5 Å². The van der Waals surface area contributed by atoms with Gasteiger partial charge < -0.3 is 5.73 Å². The summed E-state index contributed by atoms with van der Waals surface area (Å²) in [5.74, 6) is 0. The van der Waals surface area contributed by atoms with E-state index in [1.54, 1.807) is 0 Å². The fourth-order valence-electron chi connectivity index (χ4n) is 1.80. The van der Waals surface area contributed by atoms with Gasteiger partial charge in [0, 0.05) is 18.5 Å². The van der Waals surface area contributed by atoms with Crippen LogP contribution in [0.4, 0.5) is 5.69 Å². The highest BCUT2D eigenvalue weighted by molar-refractivity contribution is 14.1. The lowest BCUT2D eigenvalue weighted by molar-refractivity contribution is 1.16. The van der Waals surface area contributed by atoms with Crippen molar-refractivity contribution in [3.63, 3.8) is 0 Å². The number of nitrogens with two attached hydrogens (primary N) is 1. The maximum atomic E-state index is 9.09. The van der Waals surface area contributed by atoms with E-state index in [2.05, 4.69) is 57.6 Å². The summed E-state index contributed by atoms with van der Waals surface area (Å²) in [5.41, 5.74) is 8.83. The van der Waals surface area contributed by atoms with Crippen molar-refractivity contribution in [2.75, 3.05) is 5.73 Å². The van der Waals surface area contributed by atoms with Crippen LogP contribution >= 0.6 is 49.9 Å². The first-order valence-corrected chi connectivity index (χ1v) is 8.04. The van der Waals surface area contributed by atoms with Crippen LogP contribution in [0.3, 0.4) is 0 Å². The van der Waals surface area contributed by atoms with Crippen LogP contribution in [0, 0.1) is 14.9 Å². The standard InChI is InChI=1S/C13H10BrIN2S/c1-2-8-12(17)11(6-16)18-13(8)9-5-7(15)3-4-10(9)14/h3-5H,2,17H2,1H3. The van der Waals surface area contributed by atoms with E-state index in [0.717, 1.165) is 26.9 Å². The van der Waals surface area contributed by atoms with Crippen LogP contribution in [0.2, 0.25) is 0 Å². The summed E-state index contributed by atoms with van der Waals surface area (Å²) >= 11 is 7.32. The lowest BCUT2D eigenvalue weighted by atomic mass is 10.1. The van der Waals surface area contributed by atoms with Crippen LogP contribution in [0.5, 0.6) is 0 Å². The Morgan fingerprint density at radius 2 is 2.22 bits per heavy atom. The zero-order valence-electron chi connectivity index (χ0n) is 9.63. The van der Waals surface area contributed by atoms with Crippen molar-refractivity contribution in [1.29, 1.82) is 5.26 Å². The smallest absolute Gasteiger partial charge is 0.128 e. The van der Waals surface area contributed by atoms with Gasteiger partial charge in [-0.2, -0.15) is 5.26 Å². The van der Waals surface area contributed by atoms with Crippen LogP contribution in [-0.4, -0.2) is 0 Å². The molecule has 0 radical (unpaired) electrons. The lowest BCUT2D eigenvalue weighted by Gasteiger charge is -2.06. The molecule has 0 spiro atoms. The Labute approximate surface area is 132 Å². The molecule has 0 aliphatic heterocycles. The highest BCUT2D eigenvalue weighted by atomic mass is 127. The molecule has 0 saturated carbocycles. The van der Waals surface area contributed by atoms with Gasteiger partial charge >= 0.3 is 0 Å². The van der Waals surface area contributed by atoms with E-state index in [0.29, 0.717) is 10.6 Å². The Kier molecular flexibility index (Phi) is 4.30. The molecule has 2 nitrogen and oxygen atoms in total. The predicted octanol–water partition coefficient (Wildman–Crippen LogP) is 4.80. The normalized spacial score (nSPS) is 10.3. The molecule has 1 heterocycles. The summed E-state index contributed by atoms with van der Waals surface area (Å²) in [6, 6.07) is 8.35. The fourth-order valence-corrected chi connectivity index (χ4v) is 4.01. The average Bonchev–Trinajstić information content (AvgIpc) is 2.68. The van der Waals surface area contributed by atoms with E-state index in [-0.39, 0.29) is 0 Å². The topological polar surface area (TPSA) is 49.8 Å². The first-order valence-electron chi connectivity index (χ1n) is 5.35. The molecule has 5 heteroatoms. The highest BCUT2D eigenvalue weighted by Crippen LogP contribution is 2.41. The van der Waals surface area contributed by atoms with E-state index < -0.39 is 0 Å². The summed E-state index contributed by atoms with van der Waals surface area (Å²) in [4.78, 5) is 1.70. The van der Waals surface area contributed by atoms with E-state index in [1.807, 2.05) is 12.1 Å². The van der Waals surface area contributed by atoms with Gasteiger partial charge in [-0.15, -0.1) is 11.3 Å². The largest absolute Gasteiger partial charge is 0.397 e. The van der Waals surface area contributed by atoms with Gasteiger partial charge in [0.1, 0.15) is 10.9 Å². The van der Waals surface area contributed by atoms with Crippen LogP contribution in [0.1, 0.15) is 17.4 Å². The molecule has 1 aromatic heterocycles. The van der Waals surface area contributed by atoms with E-state index in [9.17, 15) is 0 Å². The second-order valence-electron chi connectivity index (χ2n) is 3.74. The SMILES string of the molecule is CCc1c(-c2cc(I)ccc2Br)sc(C#N)c1N. The molecule has 2 N–H and O–H groups in total. The van der Waals surface area contributed by atoms with Crippen LogP contribution < -0.4 is 5.73 Å². The second-order valence-corrected chi connectivity index (χ2v) is 6.86. The van der Waals surface area contributed by atoms with Crippen LogP contribution in [0.25, 0.3) is 10.4 Å². The van der Waals surface area contributed by atoms with Gasteiger partial charge in [-0.25, -0.2) is 0 Å². The van der Waals surface area contributed by atoms with Gasteiger partial charge in [-0.05, 0) is 52.8 Å². The maximum absolute atomic E-state index is 9.09. The Balaban J connectivity index is 2.71. The Bertz CT molecular complexity index is 643. The summed E-state index contributed by atoms with van der Waals surface area (Å²) in [6.07, 6.45) is 0.831. The number of hydrogen-bond acceptors (Lipinski definition) is 3. The van der Waals surface area contributed by atoms with Gasteiger partial charge in [-0.1, -0.05) is 22.9 Å². The van der Waals surface area contributed by atoms with E-state index >= 15 is 0 Å². The highest BCUT2D eigenvalue weighted by Gasteiger charge is 2.17. The molecule has 0 aliphatic rings. The minimum Gasteiger partial charge on any atom is -0.397 e. The number of halogens is 2. The lowest BCUT2D eigenvalue weighted by Crippen LogP contribution is -1.92. The van der Waals surface area contributed by atoms with Crippen LogP contribution in [-0.2, 0) is 6.42 Å². The van der Waals surface area contributed by atoms with Gasteiger partial charge in [0.2, 0.25) is 0 Å². The van der Waals surface area contributed by atoms with Crippen molar-refractivity contribution in [2.24, 2.45) is 0 Å². The maximum Gasteiger partial charge on any atom is 0.128 e. The van der Waals surface area contributed by atoms with Gasteiger partial charge in [0.25, 0.3) is 0 Å². The number of thiophene rings is 1. The molecule has 0 aliphatic carbocycles. The quantitative estimate of drug-likeness (QED) is 0.693. The molecule has 92 valence electrons.